The van der Waals surface area contributed by atoms with E-state index >= 15 is 0 Å². The summed E-state index contributed by atoms with van der Waals surface area (Å²) >= 11 is 0. The highest BCUT2D eigenvalue weighted by Crippen LogP contribution is 2.29. The summed E-state index contributed by atoms with van der Waals surface area (Å²) in [5.74, 6) is -0.992. The Morgan fingerprint density at radius 3 is 2.41 bits per heavy atom. The molecule has 0 unspecified atom stereocenters. The third-order valence-corrected chi connectivity index (χ3v) is 5.24. The van der Waals surface area contributed by atoms with E-state index in [1.807, 2.05) is 6.07 Å². The van der Waals surface area contributed by atoms with Gasteiger partial charge in [-0.05, 0) is 48.4 Å². The van der Waals surface area contributed by atoms with E-state index in [1.165, 1.54) is 24.3 Å². The lowest BCUT2D eigenvalue weighted by Gasteiger charge is -2.17. The topological polar surface area (TPSA) is 141 Å². The first-order chi connectivity index (χ1) is 12.7. The van der Waals surface area contributed by atoms with Crippen LogP contribution in [0.2, 0.25) is 0 Å². The number of carbonyl (C=O) groups excluding carboxylic acids is 2. The summed E-state index contributed by atoms with van der Waals surface area (Å²) in [6.07, 6.45) is 1.81. The number of primary sulfonamides is 1. The molecule has 27 heavy (non-hydrogen) atoms. The average molecular weight is 386 g/mol. The van der Waals surface area contributed by atoms with Crippen molar-refractivity contribution in [2.75, 3.05) is 6.54 Å². The molecule has 0 bridgehead atoms. The maximum Gasteiger partial charge on any atom is 0.238 e. The van der Waals surface area contributed by atoms with Crippen LogP contribution in [0.25, 0.3) is 0 Å². The van der Waals surface area contributed by atoms with E-state index in [-0.39, 0.29) is 33.8 Å². The summed E-state index contributed by atoms with van der Waals surface area (Å²) in [4.78, 5) is 25.0. The van der Waals surface area contributed by atoms with Crippen molar-refractivity contribution in [2.45, 2.75) is 17.7 Å². The monoisotopic (exact) mass is 386 g/mol. The Labute approximate surface area is 156 Å². The van der Waals surface area contributed by atoms with E-state index in [0.29, 0.717) is 18.5 Å². The molecule has 0 aliphatic heterocycles. The first-order valence-electron chi connectivity index (χ1n) is 8.18. The van der Waals surface area contributed by atoms with Crippen molar-refractivity contribution in [1.29, 1.82) is 0 Å². The standard InChI is InChI=1S/C19H18N2O5S/c20-5-4-11-6-12(9-14(22)8-11)7-13-10-16(23)18-15(19(13)24)2-1-3-17(18)27(21,25)26/h1-3,6,8-10,22H,4-5,7,20H2,(H2,21,25,26). The molecule has 7 nitrogen and oxygen atoms in total. The molecule has 0 saturated carbocycles. The van der Waals surface area contributed by atoms with Gasteiger partial charge < -0.3 is 10.8 Å². The number of fused-ring (bicyclic) bond motifs is 1. The van der Waals surface area contributed by atoms with E-state index in [4.69, 9.17) is 10.9 Å². The molecule has 0 heterocycles. The zero-order chi connectivity index (χ0) is 19.8. The van der Waals surface area contributed by atoms with Crippen molar-refractivity contribution in [2.24, 2.45) is 10.9 Å². The minimum absolute atomic E-state index is 0.00589. The molecule has 8 heteroatoms. The Hall–Kier alpha value is -2.81. The lowest BCUT2D eigenvalue weighted by Crippen LogP contribution is -2.23. The van der Waals surface area contributed by atoms with Crippen LogP contribution in [0.4, 0.5) is 0 Å². The number of nitrogens with two attached hydrogens (primary N) is 2. The molecule has 140 valence electrons. The molecule has 2 aromatic carbocycles. The van der Waals surface area contributed by atoms with Gasteiger partial charge in [0.25, 0.3) is 0 Å². The first kappa shape index (κ1) is 19.0. The van der Waals surface area contributed by atoms with Crippen molar-refractivity contribution in [1.82, 2.24) is 0 Å². The Morgan fingerprint density at radius 1 is 1.04 bits per heavy atom. The van der Waals surface area contributed by atoms with E-state index in [2.05, 4.69) is 0 Å². The quantitative estimate of drug-likeness (QED) is 0.702. The number of allylic oxidation sites excluding steroid dienone is 2. The van der Waals surface area contributed by atoms with E-state index < -0.39 is 21.6 Å². The number of Topliss-reactive ketones (excluding diaryl/α,β-unsaturated/α-hetero) is 1. The molecule has 1 aliphatic rings. The van der Waals surface area contributed by atoms with Gasteiger partial charge in [0, 0.05) is 17.6 Å². The number of sulfonamides is 1. The molecule has 0 radical (unpaired) electrons. The fourth-order valence-electron chi connectivity index (χ4n) is 3.19. The summed E-state index contributed by atoms with van der Waals surface area (Å²) < 4.78 is 23.4. The number of carbonyl (C=O) groups is 2. The molecule has 3 rings (SSSR count). The second-order valence-electron chi connectivity index (χ2n) is 6.31. The second-order valence-corrected chi connectivity index (χ2v) is 7.84. The Bertz CT molecular complexity index is 1090. The molecule has 0 atom stereocenters. The molecule has 5 N–H and O–H groups in total. The Morgan fingerprint density at radius 2 is 1.74 bits per heavy atom. The van der Waals surface area contributed by atoms with Crippen LogP contribution in [0.5, 0.6) is 5.75 Å². The lowest BCUT2D eigenvalue weighted by molar-refractivity contribution is 0.0980. The smallest absolute Gasteiger partial charge is 0.238 e. The molecular formula is C19H18N2O5S. The van der Waals surface area contributed by atoms with E-state index in [1.54, 1.807) is 6.07 Å². The largest absolute Gasteiger partial charge is 0.508 e. The number of hydrogen-bond acceptors (Lipinski definition) is 6. The number of benzene rings is 2. The van der Waals surface area contributed by atoms with Gasteiger partial charge in [-0.3, -0.25) is 9.59 Å². The van der Waals surface area contributed by atoms with E-state index in [9.17, 15) is 23.1 Å². The maximum atomic E-state index is 12.8. The summed E-state index contributed by atoms with van der Waals surface area (Å²) in [7, 11) is -4.14. The van der Waals surface area contributed by atoms with Gasteiger partial charge in [-0.25, -0.2) is 13.6 Å². The van der Waals surface area contributed by atoms with Crippen LogP contribution >= 0.6 is 0 Å². The molecule has 0 amide bonds. The average Bonchev–Trinajstić information content (AvgIpc) is 2.58. The minimum atomic E-state index is -4.14. The second kappa shape index (κ2) is 7.07. The van der Waals surface area contributed by atoms with Gasteiger partial charge in [-0.15, -0.1) is 0 Å². The number of phenolic OH excluding ortho intramolecular Hbond substituents is 1. The third-order valence-electron chi connectivity index (χ3n) is 4.29. The first-order valence-corrected chi connectivity index (χ1v) is 9.72. The van der Waals surface area contributed by atoms with Crippen molar-refractivity contribution in [3.05, 3.63) is 70.3 Å². The van der Waals surface area contributed by atoms with Crippen molar-refractivity contribution in [3.8, 4) is 5.75 Å². The highest BCUT2D eigenvalue weighted by Gasteiger charge is 2.30. The van der Waals surface area contributed by atoms with Crippen molar-refractivity contribution < 1.29 is 23.1 Å². The fraction of sp³-hybridized carbons (Fsp3) is 0.158. The number of aromatic hydroxyl groups is 1. The van der Waals surface area contributed by atoms with E-state index in [0.717, 1.165) is 11.6 Å². The van der Waals surface area contributed by atoms with Gasteiger partial charge in [0.1, 0.15) is 5.75 Å². The fourth-order valence-corrected chi connectivity index (χ4v) is 3.95. The van der Waals surface area contributed by atoms with Crippen molar-refractivity contribution >= 4 is 21.6 Å². The van der Waals surface area contributed by atoms with Crippen molar-refractivity contribution in [3.63, 3.8) is 0 Å². The van der Waals surface area contributed by atoms with Crippen LogP contribution in [0.3, 0.4) is 0 Å². The summed E-state index contributed by atoms with van der Waals surface area (Å²) in [6, 6.07) is 8.88. The third kappa shape index (κ3) is 3.82. The number of phenols is 1. The molecule has 1 aliphatic carbocycles. The number of hydrogen-bond donors (Lipinski definition) is 3. The SMILES string of the molecule is NCCc1cc(O)cc(CC2=CC(=O)c3c(cccc3S(N)(=O)=O)C2=O)c1. The molecular weight excluding hydrogens is 368 g/mol. The zero-order valence-corrected chi connectivity index (χ0v) is 15.1. The van der Waals surface area contributed by atoms with Gasteiger partial charge in [0.05, 0.1) is 10.5 Å². The molecule has 0 fully saturated rings. The van der Waals surface area contributed by atoms with Crippen LogP contribution in [0, 0.1) is 0 Å². The van der Waals surface area contributed by atoms with Crippen LogP contribution < -0.4 is 10.9 Å². The van der Waals surface area contributed by atoms with Crippen LogP contribution in [0.1, 0.15) is 31.8 Å². The predicted molar refractivity (Wildman–Crippen MR) is 99.1 cm³/mol. The maximum absolute atomic E-state index is 12.8. The Kier molecular flexibility index (Phi) is 4.97. The highest BCUT2D eigenvalue weighted by atomic mass is 32.2. The number of rotatable bonds is 5. The molecule has 0 spiro atoms. The van der Waals surface area contributed by atoms with Crippen LogP contribution in [0.15, 0.2) is 52.9 Å². The predicted octanol–water partition coefficient (Wildman–Crippen LogP) is 1.09. The summed E-state index contributed by atoms with van der Waals surface area (Å²) in [6.45, 7) is 0.409. The molecule has 0 aromatic heterocycles. The minimum Gasteiger partial charge on any atom is -0.508 e. The summed E-state index contributed by atoms with van der Waals surface area (Å²) in [5.41, 5.74) is 7.02. The van der Waals surface area contributed by atoms with Gasteiger partial charge in [-0.2, -0.15) is 0 Å². The normalized spacial score (nSPS) is 14.1. The Balaban J connectivity index is 2.01. The van der Waals surface area contributed by atoms with Crippen LogP contribution in [-0.2, 0) is 22.9 Å². The number of ketones is 2. The molecule has 2 aromatic rings. The zero-order valence-electron chi connectivity index (χ0n) is 14.3. The van der Waals surface area contributed by atoms with Gasteiger partial charge >= 0.3 is 0 Å². The van der Waals surface area contributed by atoms with Gasteiger partial charge in [0.15, 0.2) is 11.6 Å². The lowest BCUT2D eigenvalue weighted by atomic mass is 9.86. The highest BCUT2D eigenvalue weighted by molar-refractivity contribution is 7.89. The van der Waals surface area contributed by atoms with Crippen LogP contribution in [-0.4, -0.2) is 31.6 Å². The van der Waals surface area contributed by atoms with Gasteiger partial charge in [0.2, 0.25) is 10.0 Å². The molecule has 0 saturated heterocycles. The summed E-state index contributed by atoms with van der Waals surface area (Å²) in [5, 5.41) is 15.0. The van der Waals surface area contributed by atoms with Gasteiger partial charge in [-0.1, -0.05) is 18.2 Å².